The number of fused-ring (bicyclic) bond motifs is 1. The molecule has 0 spiro atoms. The van der Waals surface area contributed by atoms with Gasteiger partial charge in [-0.25, -0.2) is 0 Å². The number of alkyl halides is 3. The lowest BCUT2D eigenvalue weighted by Crippen LogP contribution is -2.43. The average molecular weight is 352 g/mol. The molecule has 0 amide bonds. The lowest BCUT2D eigenvalue weighted by Gasteiger charge is -2.41. The minimum Gasteiger partial charge on any atom is -0.361 e. The third-order valence-electron chi connectivity index (χ3n) is 5.77. The molecule has 0 radical (unpaired) electrons. The van der Waals surface area contributed by atoms with Crippen LogP contribution in [0.5, 0.6) is 0 Å². The lowest BCUT2D eigenvalue weighted by molar-refractivity contribution is -0.149. The smallest absolute Gasteiger partial charge is 0.361 e. The molecule has 3 rings (SSSR count). The maximum Gasteiger partial charge on any atom is 0.401 e. The first-order valence-corrected chi connectivity index (χ1v) is 9.08. The number of halogens is 3. The molecule has 25 heavy (non-hydrogen) atoms. The van der Waals surface area contributed by atoms with Crippen LogP contribution >= 0.6 is 0 Å². The van der Waals surface area contributed by atoms with E-state index in [-0.39, 0.29) is 5.41 Å². The van der Waals surface area contributed by atoms with E-state index in [0.29, 0.717) is 19.0 Å². The monoisotopic (exact) mass is 352 g/mol. The fourth-order valence-electron chi connectivity index (χ4n) is 4.05. The molecule has 138 valence electrons. The fraction of sp³-hybridized carbons (Fsp3) is 0.600. The van der Waals surface area contributed by atoms with Gasteiger partial charge < -0.3 is 4.98 Å². The van der Waals surface area contributed by atoms with Crippen molar-refractivity contribution in [2.75, 3.05) is 19.6 Å². The summed E-state index contributed by atoms with van der Waals surface area (Å²) < 4.78 is 37.6. The summed E-state index contributed by atoms with van der Waals surface area (Å²) in [5, 5.41) is 1.23. The molecule has 1 aliphatic rings. The molecular formula is C20H27F3N2. The Balaban J connectivity index is 1.53. The van der Waals surface area contributed by atoms with Gasteiger partial charge in [0.2, 0.25) is 0 Å². The largest absolute Gasteiger partial charge is 0.401 e. The van der Waals surface area contributed by atoms with Crippen molar-refractivity contribution >= 4 is 10.9 Å². The molecular weight excluding hydrogens is 325 g/mol. The van der Waals surface area contributed by atoms with E-state index in [4.69, 9.17) is 0 Å². The highest BCUT2D eigenvalue weighted by molar-refractivity contribution is 5.79. The molecule has 2 aromatic rings. The second-order valence-electron chi connectivity index (χ2n) is 8.05. The van der Waals surface area contributed by atoms with Gasteiger partial charge >= 0.3 is 6.18 Å². The maximum atomic E-state index is 12.5. The topological polar surface area (TPSA) is 19.0 Å². The van der Waals surface area contributed by atoms with E-state index in [1.165, 1.54) is 10.9 Å². The molecule has 0 unspecified atom stereocenters. The van der Waals surface area contributed by atoms with E-state index < -0.39 is 12.7 Å². The van der Waals surface area contributed by atoms with Crippen LogP contribution in [0.25, 0.3) is 10.9 Å². The van der Waals surface area contributed by atoms with Gasteiger partial charge in [-0.2, -0.15) is 13.2 Å². The standard InChI is InChI=1S/C20H27F3N2/c1-19(2,17-7-11-25(12-8-17)14-20(21,22)23)9-5-15-3-4-18-16(13-15)6-10-24-18/h3-4,6,10,13,17,24H,5,7-9,11-12,14H2,1-2H3. The van der Waals surface area contributed by atoms with Gasteiger partial charge in [-0.05, 0) is 79.3 Å². The molecule has 1 N–H and O–H groups in total. The van der Waals surface area contributed by atoms with Crippen LogP contribution in [0.15, 0.2) is 30.5 Å². The Bertz CT molecular complexity index is 694. The number of likely N-dealkylation sites (tertiary alicyclic amines) is 1. The number of benzene rings is 1. The lowest BCUT2D eigenvalue weighted by atomic mass is 9.70. The van der Waals surface area contributed by atoms with Crippen molar-refractivity contribution < 1.29 is 13.2 Å². The highest BCUT2D eigenvalue weighted by Gasteiger charge is 2.36. The molecule has 1 aromatic heterocycles. The third-order valence-corrected chi connectivity index (χ3v) is 5.77. The number of H-pyrrole nitrogens is 1. The second-order valence-corrected chi connectivity index (χ2v) is 8.05. The summed E-state index contributed by atoms with van der Waals surface area (Å²) in [5.74, 6) is 0.493. The molecule has 1 fully saturated rings. The van der Waals surface area contributed by atoms with E-state index >= 15 is 0 Å². The molecule has 2 nitrogen and oxygen atoms in total. The number of aromatic nitrogens is 1. The first-order valence-electron chi connectivity index (χ1n) is 9.08. The van der Waals surface area contributed by atoms with Crippen LogP contribution < -0.4 is 0 Å². The molecule has 1 aromatic carbocycles. The summed E-state index contributed by atoms with van der Waals surface area (Å²) in [6, 6.07) is 8.60. The van der Waals surface area contributed by atoms with E-state index in [9.17, 15) is 13.2 Å². The molecule has 0 bridgehead atoms. The zero-order valence-corrected chi connectivity index (χ0v) is 15.0. The Kier molecular flexibility index (Phi) is 5.14. The highest BCUT2D eigenvalue weighted by Crippen LogP contribution is 2.39. The summed E-state index contributed by atoms with van der Waals surface area (Å²) >= 11 is 0. The predicted octanol–water partition coefficient (Wildman–Crippen LogP) is 5.40. The SMILES string of the molecule is CC(C)(CCc1ccc2[nH]ccc2c1)C1CCN(CC(F)(F)F)CC1. The molecule has 2 heterocycles. The first-order chi connectivity index (χ1) is 11.7. The van der Waals surface area contributed by atoms with Crippen LogP contribution in [-0.2, 0) is 6.42 Å². The highest BCUT2D eigenvalue weighted by atomic mass is 19.4. The number of nitrogens with one attached hydrogen (secondary N) is 1. The Labute approximate surface area is 147 Å². The van der Waals surface area contributed by atoms with Crippen molar-refractivity contribution in [3.05, 3.63) is 36.0 Å². The van der Waals surface area contributed by atoms with Crippen LogP contribution in [0.3, 0.4) is 0 Å². The molecule has 1 aliphatic heterocycles. The molecule has 0 saturated carbocycles. The second kappa shape index (κ2) is 7.02. The number of piperidine rings is 1. The van der Waals surface area contributed by atoms with Crippen LogP contribution in [0, 0.1) is 11.3 Å². The van der Waals surface area contributed by atoms with Gasteiger partial charge in [-0.1, -0.05) is 19.9 Å². The Morgan fingerprint density at radius 1 is 1.12 bits per heavy atom. The molecule has 0 aliphatic carbocycles. The molecule has 0 atom stereocenters. The van der Waals surface area contributed by atoms with Gasteiger partial charge in [0.15, 0.2) is 0 Å². The van der Waals surface area contributed by atoms with Crippen LogP contribution in [-0.4, -0.2) is 35.7 Å². The van der Waals surface area contributed by atoms with Gasteiger partial charge in [0, 0.05) is 11.7 Å². The number of hydrogen-bond donors (Lipinski definition) is 1. The van der Waals surface area contributed by atoms with Gasteiger partial charge in [0.05, 0.1) is 6.54 Å². The van der Waals surface area contributed by atoms with Gasteiger partial charge in [-0.15, -0.1) is 0 Å². The number of rotatable bonds is 5. The van der Waals surface area contributed by atoms with E-state index in [1.54, 1.807) is 4.90 Å². The fourth-order valence-corrected chi connectivity index (χ4v) is 4.05. The summed E-state index contributed by atoms with van der Waals surface area (Å²) in [7, 11) is 0. The molecule has 1 saturated heterocycles. The van der Waals surface area contributed by atoms with E-state index in [2.05, 4.69) is 43.1 Å². The van der Waals surface area contributed by atoms with E-state index in [0.717, 1.165) is 31.2 Å². The Morgan fingerprint density at radius 3 is 2.52 bits per heavy atom. The summed E-state index contributed by atoms with van der Waals surface area (Å²) in [4.78, 5) is 4.75. The van der Waals surface area contributed by atoms with Gasteiger partial charge in [-0.3, -0.25) is 4.90 Å². The normalized spacial score (nSPS) is 18.1. The quantitative estimate of drug-likeness (QED) is 0.763. The number of hydrogen-bond acceptors (Lipinski definition) is 1. The van der Waals surface area contributed by atoms with Crippen molar-refractivity contribution in [2.24, 2.45) is 11.3 Å². The Hall–Kier alpha value is -1.49. The summed E-state index contributed by atoms with van der Waals surface area (Å²) in [6.45, 7) is 4.89. The minimum atomic E-state index is -4.08. The minimum absolute atomic E-state index is 0.150. The number of nitrogens with zero attached hydrogens (tertiary/aromatic N) is 1. The van der Waals surface area contributed by atoms with Crippen LogP contribution in [0.4, 0.5) is 13.2 Å². The number of aromatic amines is 1. The van der Waals surface area contributed by atoms with Crippen molar-refractivity contribution in [1.82, 2.24) is 9.88 Å². The zero-order chi connectivity index (χ0) is 18.1. The zero-order valence-electron chi connectivity index (χ0n) is 15.0. The maximum absolute atomic E-state index is 12.5. The summed E-state index contributed by atoms with van der Waals surface area (Å²) in [5.41, 5.74) is 2.63. The first kappa shape index (κ1) is 18.3. The van der Waals surface area contributed by atoms with E-state index in [1.807, 2.05) is 6.20 Å². The van der Waals surface area contributed by atoms with Crippen molar-refractivity contribution in [1.29, 1.82) is 0 Å². The van der Waals surface area contributed by atoms with Crippen LogP contribution in [0.1, 0.15) is 38.7 Å². The number of aryl methyl sites for hydroxylation is 1. The third kappa shape index (κ3) is 4.78. The predicted molar refractivity (Wildman–Crippen MR) is 95.6 cm³/mol. The summed E-state index contributed by atoms with van der Waals surface area (Å²) in [6.07, 6.45) is 1.66. The van der Waals surface area contributed by atoms with Crippen LogP contribution in [0.2, 0.25) is 0 Å². The Morgan fingerprint density at radius 2 is 1.84 bits per heavy atom. The van der Waals surface area contributed by atoms with Crippen molar-refractivity contribution in [3.63, 3.8) is 0 Å². The van der Waals surface area contributed by atoms with Gasteiger partial charge in [0.1, 0.15) is 0 Å². The van der Waals surface area contributed by atoms with Gasteiger partial charge in [0.25, 0.3) is 0 Å². The van der Waals surface area contributed by atoms with Crippen molar-refractivity contribution in [2.45, 2.75) is 45.7 Å². The molecule has 5 heteroatoms. The average Bonchev–Trinajstić information content (AvgIpc) is 2.99. The van der Waals surface area contributed by atoms with Crippen molar-refractivity contribution in [3.8, 4) is 0 Å².